The van der Waals surface area contributed by atoms with Gasteiger partial charge in [0.2, 0.25) is 5.91 Å². The average Bonchev–Trinajstić information content (AvgIpc) is 2.56. The topological polar surface area (TPSA) is 29.1 Å². The van der Waals surface area contributed by atoms with E-state index in [4.69, 9.17) is 0 Å². The van der Waals surface area contributed by atoms with Crippen molar-refractivity contribution in [3.63, 3.8) is 0 Å². The fourth-order valence-corrected chi connectivity index (χ4v) is 2.01. The van der Waals surface area contributed by atoms with Gasteiger partial charge in [0.15, 0.2) is 0 Å². The van der Waals surface area contributed by atoms with E-state index < -0.39 is 0 Å². The van der Waals surface area contributed by atoms with E-state index in [2.05, 4.69) is 21.2 Å². The van der Waals surface area contributed by atoms with Gasteiger partial charge in [0, 0.05) is 16.5 Å². The van der Waals surface area contributed by atoms with Crippen LogP contribution in [0.5, 0.6) is 0 Å². The summed E-state index contributed by atoms with van der Waals surface area (Å²) in [6, 6.07) is 4.60. The van der Waals surface area contributed by atoms with Crippen molar-refractivity contribution in [3.8, 4) is 0 Å². The number of amides is 1. The second-order valence-corrected chi connectivity index (χ2v) is 4.24. The summed E-state index contributed by atoms with van der Waals surface area (Å²) in [4.78, 5) is 11.0. The van der Waals surface area contributed by atoms with Crippen molar-refractivity contribution < 1.29 is 9.18 Å². The molecule has 1 aromatic carbocycles. The molecule has 1 atom stereocenters. The van der Waals surface area contributed by atoms with Crippen LogP contribution in [0.1, 0.15) is 24.4 Å². The summed E-state index contributed by atoms with van der Waals surface area (Å²) >= 11 is 3.28. The minimum Gasteiger partial charge on any atom is -0.349 e. The molecule has 0 saturated carbocycles. The lowest BCUT2D eigenvalue weighted by Gasteiger charge is -2.11. The minimum absolute atomic E-state index is 0.00521. The second kappa shape index (κ2) is 3.69. The van der Waals surface area contributed by atoms with E-state index in [1.54, 1.807) is 12.1 Å². The molecule has 0 aromatic heterocycles. The first-order valence-electron chi connectivity index (χ1n) is 4.41. The zero-order valence-electron chi connectivity index (χ0n) is 7.39. The fourth-order valence-electron chi connectivity index (χ4n) is 1.63. The molecular weight excluding hydrogens is 249 g/mol. The van der Waals surface area contributed by atoms with Crippen LogP contribution in [0.3, 0.4) is 0 Å². The third-order valence-corrected chi connectivity index (χ3v) is 2.82. The Bertz CT molecular complexity index is 380. The van der Waals surface area contributed by atoms with Crippen LogP contribution >= 0.6 is 15.9 Å². The molecule has 1 N–H and O–H groups in total. The summed E-state index contributed by atoms with van der Waals surface area (Å²) in [5, 5.41) is 2.74. The van der Waals surface area contributed by atoms with Crippen molar-refractivity contribution in [2.24, 2.45) is 0 Å². The summed E-state index contributed by atoms with van der Waals surface area (Å²) in [5.74, 6) is -0.269. The van der Waals surface area contributed by atoms with Crippen molar-refractivity contribution in [2.75, 3.05) is 0 Å². The third-order valence-electron chi connectivity index (χ3n) is 2.33. The molecule has 1 unspecified atom stereocenters. The molecule has 1 aliphatic rings. The van der Waals surface area contributed by atoms with Gasteiger partial charge in [0.05, 0.1) is 6.04 Å². The molecule has 74 valence electrons. The maximum Gasteiger partial charge on any atom is 0.220 e. The molecule has 1 fully saturated rings. The predicted octanol–water partition coefficient (Wildman–Crippen LogP) is 2.54. The Morgan fingerprint density at radius 2 is 2.29 bits per heavy atom. The summed E-state index contributed by atoms with van der Waals surface area (Å²) in [5.41, 5.74) is 0.560. The van der Waals surface area contributed by atoms with Gasteiger partial charge >= 0.3 is 0 Å². The molecule has 1 aromatic rings. The number of benzene rings is 1. The van der Waals surface area contributed by atoms with Crippen LogP contribution in [0.25, 0.3) is 0 Å². The molecule has 1 saturated heterocycles. The van der Waals surface area contributed by atoms with E-state index in [0.717, 1.165) is 4.47 Å². The third kappa shape index (κ3) is 1.80. The lowest BCUT2D eigenvalue weighted by atomic mass is 10.1. The number of carbonyl (C=O) groups excluding carboxylic acids is 1. The molecule has 1 heterocycles. The van der Waals surface area contributed by atoms with E-state index >= 15 is 0 Å². The summed E-state index contributed by atoms with van der Waals surface area (Å²) < 4.78 is 14.2. The number of rotatable bonds is 1. The SMILES string of the molecule is O=C1CCC(c2cc(Br)ccc2F)N1. The lowest BCUT2D eigenvalue weighted by Crippen LogP contribution is -2.19. The first kappa shape index (κ1) is 9.65. The number of halogens is 2. The molecule has 0 radical (unpaired) electrons. The lowest BCUT2D eigenvalue weighted by molar-refractivity contribution is -0.119. The van der Waals surface area contributed by atoms with Crippen molar-refractivity contribution in [2.45, 2.75) is 18.9 Å². The van der Waals surface area contributed by atoms with E-state index in [0.29, 0.717) is 18.4 Å². The maximum atomic E-state index is 13.4. The van der Waals surface area contributed by atoms with Crippen LogP contribution in [0.4, 0.5) is 4.39 Å². The number of carbonyl (C=O) groups is 1. The highest BCUT2D eigenvalue weighted by Crippen LogP contribution is 2.28. The largest absolute Gasteiger partial charge is 0.349 e. The normalized spacial score (nSPS) is 21.0. The summed E-state index contributed by atoms with van der Waals surface area (Å²) in [6.07, 6.45) is 1.16. The number of nitrogens with one attached hydrogen (secondary N) is 1. The van der Waals surface area contributed by atoms with Crippen LogP contribution < -0.4 is 5.32 Å². The molecule has 1 amide bonds. The van der Waals surface area contributed by atoms with E-state index in [1.165, 1.54) is 6.07 Å². The highest BCUT2D eigenvalue weighted by atomic mass is 79.9. The van der Waals surface area contributed by atoms with Gasteiger partial charge in [-0.1, -0.05) is 15.9 Å². The summed E-state index contributed by atoms with van der Waals surface area (Å²) in [7, 11) is 0. The first-order chi connectivity index (χ1) is 6.66. The van der Waals surface area contributed by atoms with Gasteiger partial charge in [0.1, 0.15) is 5.82 Å². The van der Waals surface area contributed by atoms with Gasteiger partial charge in [-0.3, -0.25) is 4.79 Å². The van der Waals surface area contributed by atoms with Crippen LogP contribution in [-0.4, -0.2) is 5.91 Å². The van der Waals surface area contributed by atoms with Gasteiger partial charge in [-0.05, 0) is 24.6 Å². The molecule has 0 aliphatic carbocycles. The van der Waals surface area contributed by atoms with Gasteiger partial charge in [-0.15, -0.1) is 0 Å². The monoisotopic (exact) mass is 257 g/mol. The first-order valence-corrected chi connectivity index (χ1v) is 5.20. The molecule has 0 bridgehead atoms. The Labute approximate surface area is 89.6 Å². The van der Waals surface area contributed by atoms with Crippen molar-refractivity contribution in [1.29, 1.82) is 0 Å². The van der Waals surface area contributed by atoms with Crippen molar-refractivity contribution in [1.82, 2.24) is 5.32 Å². The molecule has 1 aliphatic heterocycles. The Balaban J connectivity index is 2.31. The molecule has 2 rings (SSSR count). The highest BCUT2D eigenvalue weighted by Gasteiger charge is 2.24. The Hall–Kier alpha value is -0.900. The smallest absolute Gasteiger partial charge is 0.220 e. The van der Waals surface area contributed by atoms with E-state index in [-0.39, 0.29) is 17.8 Å². The maximum absolute atomic E-state index is 13.4. The Morgan fingerprint density at radius 3 is 2.93 bits per heavy atom. The van der Waals surface area contributed by atoms with Crippen LogP contribution in [0, 0.1) is 5.82 Å². The van der Waals surface area contributed by atoms with Gasteiger partial charge in [-0.2, -0.15) is 0 Å². The Kier molecular flexibility index (Phi) is 2.54. The quantitative estimate of drug-likeness (QED) is 0.824. The molecule has 4 heteroatoms. The number of hydrogen-bond acceptors (Lipinski definition) is 1. The second-order valence-electron chi connectivity index (χ2n) is 3.32. The zero-order valence-corrected chi connectivity index (χ0v) is 8.97. The number of hydrogen-bond donors (Lipinski definition) is 1. The standard InChI is InChI=1S/C10H9BrFNO/c11-6-1-2-8(12)7(5-6)9-3-4-10(14)13-9/h1-2,5,9H,3-4H2,(H,13,14). The van der Waals surface area contributed by atoms with Crippen molar-refractivity contribution >= 4 is 21.8 Å². The van der Waals surface area contributed by atoms with Gasteiger partial charge in [-0.25, -0.2) is 4.39 Å². The Morgan fingerprint density at radius 1 is 1.50 bits per heavy atom. The van der Waals surface area contributed by atoms with Crippen molar-refractivity contribution in [3.05, 3.63) is 34.1 Å². The van der Waals surface area contributed by atoms with Gasteiger partial charge in [0.25, 0.3) is 0 Å². The highest BCUT2D eigenvalue weighted by molar-refractivity contribution is 9.10. The predicted molar refractivity (Wildman–Crippen MR) is 54.2 cm³/mol. The van der Waals surface area contributed by atoms with Crippen LogP contribution in [0.15, 0.2) is 22.7 Å². The summed E-state index contributed by atoms with van der Waals surface area (Å²) in [6.45, 7) is 0. The zero-order chi connectivity index (χ0) is 10.1. The molecule has 14 heavy (non-hydrogen) atoms. The average molecular weight is 258 g/mol. The van der Waals surface area contributed by atoms with E-state index in [1.807, 2.05) is 0 Å². The van der Waals surface area contributed by atoms with Gasteiger partial charge < -0.3 is 5.32 Å². The van der Waals surface area contributed by atoms with E-state index in [9.17, 15) is 9.18 Å². The fraction of sp³-hybridized carbons (Fsp3) is 0.300. The van der Waals surface area contributed by atoms with Crippen LogP contribution in [-0.2, 0) is 4.79 Å². The minimum atomic E-state index is -0.264. The van der Waals surface area contributed by atoms with Crippen LogP contribution in [0.2, 0.25) is 0 Å². The molecule has 0 spiro atoms. The molecule has 2 nitrogen and oxygen atoms in total. The molecular formula is C10H9BrFNO.